The zero-order valence-electron chi connectivity index (χ0n) is 17.6. The average molecular weight is 428 g/mol. The van der Waals surface area contributed by atoms with Gasteiger partial charge in [0, 0.05) is 23.1 Å². The minimum absolute atomic E-state index is 0.0986. The van der Waals surface area contributed by atoms with E-state index < -0.39 is 5.92 Å². The standard InChI is InChI=1S/C26H20O6/c1-29-16-8-9-17(21(13-16)30-2)19-14-23(27)31-20-11-10-18-25(28)22(32-26(18)24(19)20)12-15-6-4-3-5-7-15/h3-13,19H,14H2,1-2H3/b22-12-/t19-/m1/s1. The van der Waals surface area contributed by atoms with Crippen molar-refractivity contribution in [1.82, 2.24) is 0 Å². The lowest BCUT2D eigenvalue weighted by atomic mass is 9.84. The molecule has 0 aliphatic carbocycles. The third-order valence-corrected chi connectivity index (χ3v) is 5.69. The number of allylic oxidation sites excluding steroid dienone is 1. The minimum Gasteiger partial charge on any atom is -0.497 e. The number of Topliss-reactive ketones (excluding diaryl/α,β-unsaturated/α-hetero) is 1. The Morgan fingerprint density at radius 2 is 1.75 bits per heavy atom. The van der Waals surface area contributed by atoms with Crippen LogP contribution >= 0.6 is 0 Å². The molecule has 6 heteroatoms. The van der Waals surface area contributed by atoms with Gasteiger partial charge < -0.3 is 18.9 Å². The summed E-state index contributed by atoms with van der Waals surface area (Å²) >= 11 is 0. The van der Waals surface area contributed by atoms with Crippen LogP contribution in [0.4, 0.5) is 0 Å². The van der Waals surface area contributed by atoms with E-state index >= 15 is 0 Å². The molecule has 3 aromatic carbocycles. The molecule has 3 aromatic rings. The Hall–Kier alpha value is -4.06. The zero-order chi connectivity index (χ0) is 22.2. The summed E-state index contributed by atoms with van der Waals surface area (Å²) in [6.45, 7) is 0. The van der Waals surface area contributed by atoms with Gasteiger partial charge in [-0.05, 0) is 29.8 Å². The largest absolute Gasteiger partial charge is 0.497 e. The topological polar surface area (TPSA) is 71.1 Å². The Morgan fingerprint density at radius 3 is 2.50 bits per heavy atom. The van der Waals surface area contributed by atoms with E-state index in [1.54, 1.807) is 38.5 Å². The molecule has 0 fully saturated rings. The van der Waals surface area contributed by atoms with E-state index in [0.717, 1.165) is 11.1 Å². The first kappa shape index (κ1) is 19.9. The van der Waals surface area contributed by atoms with Gasteiger partial charge in [-0.15, -0.1) is 0 Å². The van der Waals surface area contributed by atoms with Crippen LogP contribution in [0.1, 0.15) is 39.4 Å². The molecule has 0 unspecified atom stereocenters. The van der Waals surface area contributed by atoms with E-state index in [2.05, 4.69) is 0 Å². The quantitative estimate of drug-likeness (QED) is 0.339. The number of benzene rings is 3. The van der Waals surface area contributed by atoms with Crippen LogP contribution in [-0.2, 0) is 4.79 Å². The zero-order valence-corrected chi connectivity index (χ0v) is 17.6. The number of hydrogen-bond donors (Lipinski definition) is 0. The lowest BCUT2D eigenvalue weighted by molar-refractivity contribution is -0.135. The van der Waals surface area contributed by atoms with Crippen molar-refractivity contribution in [3.8, 4) is 23.0 Å². The van der Waals surface area contributed by atoms with Crippen LogP contribution < -0.4 is 18.9 Å². The van der Waals surface area contributed by atoms with Gasteiger partial charge in [-0.3, -0.25) is 9.59 Å². The molecule has 1 atom stereocenters. The monoisotopic (exact) mass is 428 g/mol. The second-order valence-corrected chi connectivity index (χ2v) is 7.54. The molecule has 0 radical (unpaired) electrons. The van der Waals surface area contributed by atoms with Crippen molar-refractivity contribution < 1.29 is 28.5 Å². The van der Waals surface area contributed by atoms with Gasteiger partial charge in [0.2, 0.25) is 5.78 Å². The second kappa shape index (κ2) is 7.89. The maximum absolute atomic E-state index is 13.1. The van der Waals surface area contributed by atoms with E-state index in [-0.39, 0.29) is 23.9 Å². The highest BCUT2D eigenvalue weighted by Crippen LogP contribution is 2.50. The van der Waals surface area contributed by atoms with Gasteiger partial charge in [0.05, 0.1) is 26.2 Å². The summed E-state index contributed by atoms with van der Waals surface area (Å²) in [5, 5.41) is 0. The van der Waals surface area contributed by atoms with Gasteiger partial charge in [-0.25, -0.2) is 0 Å². The van der Waals surface area contributed by atoms with Crippen molar-refractivity contribution in [2.75, 3.05) is 14.2 Å². The van der Waals surface area contributed by atoms with Crippen LogP contribution in [-0.4, -0.2) is 26.0 Å². The molecule has 0 spiro atoms. The lowest BCUT2D eigenvalue weighted by Gasteiger charge is -2.27. The normalized spacial score (nSPS) is 17.9. The van der Waals surface area contributed by atoms with Crippen molar-refractivity contribution in [2.24, 2.45) is 0 Å². The van der Waals surface area contributed by atoms with Crippen LogP contribution in [0.15, 0.2) is 66.4 Å². The summed E-state index contributed by atoms with van der Waals surface area (Å²) in [6.07, 6.45) is 1.81. The molecule has 0 saturated heterocycles. The van der Waals surface area contributed by atoms with E-state index in [1.807, 2.05) is 42.5 Å². The molecular formula is C26H20O6. The number of carbonyl (C=O) groups is 2. The highest BCUT2D eigenvalue weighted by molar-refractivity contribution is 6.15. The van der Waals surface area contributed by atoms with Gasteiger partial charge in [-0.2, -0.15) is 0 Å². The molecule has 2 heterocycles. The summed E-state index contributed by atoms with van der Waals surface area (Å²) in [5.41, 5.74) is 2.75. The first-order valence-electron chi connectivity index (χ1n) is 10.2. The third kappa shape index (κ3) is 3.30. The Morgan fingerprint density at radius 1 is 0.938 bits per heavy atom. The van der Waals surface area contributed by atoms with Crippen molar-refractivity contribution >= 4 is 17.8 Å². The van der Waals surface area contributed by atoms with E-state index in [0.29, 0.717) is 34.1 Å². The van der Waals surface area contributed by atoms with Gasteiger partial charge in [0.25, 0.3) is 0 Å². The van der Waals surface area contributed by atoms with Gasteiger partial charge in [0.15, 0.2) is 5.76 Å². The Labute approximate surface area is 185 Å². The number of carbonyl (C=O) groups excluding carboxylic acids is 2. The van der Waals surface area contributed by atoms with E-state index in [9.17, 15) is 9.59 Å². The number of ether oxygens (including phenoxy) is 4. The fourth-order valence-electron chi connectivity index (χ4n) is 4.18. The van der Waals surface area contributed by atoms with E-state index in [4.69, 9.17) is 18.9 Å². The van der Waals surface area contributed by atoms with Crippen LogP contribution in [0.3, 0.4) is 0 Å². The first-order valence-corrected chi connectivity index (χ1v) is 10.2. The SMILES string of the molecule is COc1ccc([C@H]2CC(=O)Oc3ccc4c(c32)O/C(=C\c2ccccc2)C4=O)c(OC)c1. The molecule has 32 heavy (non-hydrogen) atoms. The number of hydrogen-bond acceptors (Lipinski definition) is 6. The Balaban J connectivity index is 1.64. The molecule has 2 aliphatic heterocycles. The predicted octanol–water partition coefficient (Wildman–Crippen LogP) is 4.76. The maximum Gasteiger partial charge on any atom is 0.312 e. The van der Waals surface area contributed by atoms with Crippen molar-refractivity contribution in [2.45, 2.75) is 12.3 Å². The molecule has 0 amide bonds. The molecule has 2 aliphatic rings. The Bertz CT molecular complexity index is 1260. The predicted molar refractivity (Wildman–Crippen MR) is 117 cm³/mol. The van der Waals surface area contributed by atoms with Crippen molar-refractivity contribution in [3.05, 3.63) is 88.7 Å². The summed E-state index contributed by atoms with van der Waals surface area (Å²) < 4.78 is 22.5. The molecule has 0 aromatic heterocycles. The van der Waals surface area contributed by atoms with E-state index in [1.165, 1.54) is 0 Å². The third-order valence-electron chi connectivity index (χ3n) is 5.69. The highest BCUT2D eigenvalue weighted by atomic mass is 16.5. The molecule has 0 bridgehead atoms. The second-order valence-electron chi connectivity index (χ2n) is 7.54. The Kier molecular flexibility index (Phi) is 4.90. The first-order chi connectivity index (χ1) is 15.6. The molecule has 0 saturated carbocycles. The number of rotatable bonds is 4. The van der Waals surface area contributed by atoms with Gasteiger partial charge in [0.1, 0.15) is 23.0 Å². The lowest BCUT2D eigenvalue weighted by Crippen LogP contribution is -2.22. The van der Waals surface area contributed by atoms with Crippen LogP contribution in [0, 0.1) is 0 Å². The summed E-state index contributed by atoms with van der Waals surface area (Å²) in [6, 6.07) is 18.2. The van der Waals surface area contributed by atoms with Gasteiger partial charge >= 0.3 is 5.97 Å². The fourth-order valence-corrected chi connectivity index (χ4v) is 4.18. The number of ketones is 1. The van der Waals surface area contributed by atoms with Crippen molar-refractivity contribution in [3.63, 3.8) is 0 Å². The van der Waals surface area contributed by atoms with Crippen LogP contribution in [0.5, 0.6) is 23.0 Å². The molecule has 160 valence electrons. The summed E-state index contributed by atoms with van der Waals surface area (Å²) in [5.74, 6) is 1.30. The summed E-state index contributed by atoms with van der Waals surface area (Å²) in [7, 11) is 3.14. The number of fused-ring (bicyclic) bond motifs is 3. The maximum atomic E-state index is 13.1. The number of methoxy groups -OCH3 is 2. The summed E-state index contributed by atoms with van der Waals surface area (Å²) in [4.78, 5) is 25.5. The average Bonchev–Trinajstić information content (AvgIpc) is 3.13. The number of esters is 1. The van der Waals surface area contributed by atoms with Crippen molar-refractivity contribution in [1.29, 1.82) is 0 Å². The highest BCUT2D eigenvalue weighted by Gasteiger charge is 2.39. The fraction of sp³-hybridized carbons (Fsp3) is 0.154. The van der Waals surface area contributed by atoms with Crippen LogP contribution in [0.2, 0.25) is 0 Å². The molecule has 0 N–H and O–H groups in total. The molecule has 5 rings (SSSR count). The smallest absolute Gasteiger partial charge is 0.312 e. The molecular weight excluding hydrogens is 408 g/mol. The molecule has 6 nitrogen and oxygen atoms in total. The van der Waals surface area contributed by atoms with Gasteiger partial charge in [-0.1, -0.05) is 36.4 Å². The minimum atomic E-state index is -0.397. The van der Waals surface area contributed by atoms with Crippen LogP contribution in [0.25, 0.3) is 6.08 Å².